The molecular formula is C26H32N4O2S. The normalized spacial score (nSPS) is 18.5. The lowest BCUT2D eigenvalue weighted by atomic mass is 10.0. The van der Waals surface area contributed by atoms with Crippen molar-refractivity contribution in [1.29, 1.82) is 0 Å². The monoisotopic (exact) mass is 464 g/mol. The maximum atomic E-state index is 13.2. The highest BCUT2D eigenvalue weighted by Crippen LogP contribution is 2.31. The number of nitrogens with zero attached hydrogens (tertiary/aromatic N) is 3. The number of fused-ring (bicyclic) bond motifs is 2. The van der Waals surface area contributed by atoms with Crippen LogP contribution in [0.15, 0.2) is 65.6 Å². The zero-order valence-corrected chi connectivity index (χ0v) is 20.2. The first-order valence-electron chi connectivity index (χ1n) is 11.7. The van der Waals surface area contributed by atoms with Gasteiger partial charge in [0.15, 0.2) is 0 Å². The summed E-state index contributed by atoms with van der Waals surface area (Å²) in [5.74, 6) is 0. The molecule has 1 atom stereocenters. The lowest BCUT2D eigenvalue weighted by Crippen LogP contribution is -2.48. The van der Waals surface area contributed by atoms with E-state index in [0.717, 1.165) is 49.9 Å². The van der Waals surface area contributed by atoms with Gasteiger partial charge < -0.3 is 9.80 Å². The Bertz CT molecular complexity index is 1250. The van der Waals surface area contributed by atoms with Crippen LogP contribution in [-0.4, -0.2) is 71.6 Å². The van der Waals surface area contributed by atoms with Crippen molar-refractivity contribution in [2.75, 3.05) is 58.3 Å². The molecule has 0 radical (unpaired) electrons. The second-order valence-electron chi connectivity index (χ2n) is 9.28. The first-order chi connectivity index (χ1) is 15.9. The lowest BCUT2D eigenvalue weighted by molar-refractivity contribution is 0.113. The number of sulfonamides is 1. The Kier molecular flexibility index (Phi) is 6.14. The zero-order chi connectivity index (χ0) is 23.0. The molecule has 6 nitrogen and oxygen atoms in total. The second-order valence-corrected chi connectivity index (χ2v) is 11.0. The van der Waals surface area contributed by atoms with Gasteiger partial charge in [-0.05, 0) is 53.6 Å². The summed E-state index contributed by atoms with van der Waals surface area (Å²) in [7, 11) is 0.645. The molecule has 174 valence electrons. The minimum atomic E-state index is -3.62. The Hall–Kier alpha value is -2.45. The van der Waals surface area contributed by atoms with Gasteiger partial charge in [0.1, 0.15) is 0 Å². The molecule has 33 heavy (non-hydrogen) atoms. The average Bonchev–Trinajstić information content (AvgIpc) is 3.20. The quantitative estimate of drug-likeness (QED) is 0.608. The molecule has 1 N–H and O–H groups in total. The van der Waals surface area contributed by atoms with Crippen LogP contribution in [0.1, 0.15) is 17.2 Å². The van der Waals surface area contributed by atoms with Gasteiger partial charge in [-0.1, -0.05) is 42.5 Å². The van der Waals surface area contributed by atoms with Gasteiger partial charge in [0.05, 0.1) is 4.90 Å². The number of piperazine rings is 1. The van der Waals surface area contributed by atoms with E-state index in [2.05, 4.69) is 51.7 Å². The summed E-state index contributed by atoms with van der Waals surface area (Å²) in [6.45, 7) is 5.22. The summed E-state index contributed by atoms with van der Waals surface area (Å²) < 4.78 is 29.4. The molecule has 3 aromatic carbocycles. The minimum Gasteiger partial charge on any atom is -0.374 e. The topological polar surface area (TPSA) is 55.9 Å². The third-order valence-corrected chi connectivity index (χ3v) is 8.51. The summed E-state index contributed by atoms with van der Waals surface area (Å²) in [6, 6.07) is 19.8. The van der Waals surface area contributed by atoms with Crippen molar-refractivity contribution < 1.29 is 8.42 Å². The SMILES string of the molecule is CN1CCN(C(CNS(=O)(=O)c2ccc3ccccc3c2)c2ccc3c(c2)CCN3C)CC1. The molecule has 1 unspecified atom stereocenters. The molecule has 2 aliphatic rings. The summed E-state index contributed by atoms with van der Waals surface area (Å²) in [4.78, 5) is 7.34. The van der Waals surface area contributed by atoms with E-state index in [9.17, 15) is 8.42 Å². The molecule has 0 amide bonds. The predicted molar refractivity (Wildman–Crippen MR) is 134 cm³/mol. The van der Waals surface area contributed by atoms with Gasteiger partial charge in [0, 0.05) is 58.0 Å². The third kappa shape index (κ3) is 4.64. The molecule has 3 aromatic rings. The van der Waals surface area contributed by atoms with Crippen molar-refractivity contribution in [3.8, 4) is 0 Å². The van der Waals surface area contributed by atoms with Crippen LogP contribution in [0.5, 0.6) is 0 Å². The van der Waals surface area contributed by atoms with Crippen LogP contribution in [0.3, 0.4) is 0 Å². The number of nitrogens with one attached hydrogen (secondary N) is 1. The van der Waals surface area contributed by atoms with Crippen LogP contribution < -0.4 is 9.62 Å². The van der Waals surface area contributed by atoms with Crippen molar-refractivity contribution in [2.24, 2.45) is 0 Å². The van der Waals surface area contributed by atoms with Crippen LogP contribution in [0, 0.1) is 0 Å². The third-order valence-electron chi connectivity index (χ3n) is 7.09. The number of anilines is 1. The van der Waals surface area contributed by atoms with Gasteiger partial charge in [-0.3, -0.25) is 4.90 Å². The van der Waals surface area contributed by atoms with Crippen molar-refractivity contribution in [1.82, 2.24) is 14.5 Å². The highest BCUT2D eigenvalue weighted by atomic mass is 32.2. The molecule has 0 bridgehead atoms. The Morgan fingerprint density at radius 2 is 1.64 bits per heavy atom. The van der Waals surface area contributed by atoms with Crippen molar-refractivity contribution in [3.63, 3.8) is 0 Å². The first-order valence-corrected chi connectivity index (χ1v) is 13.1. The Morgan fingerprint density at radius 3 is 2.42 bits per heavy atom. The second kappa shape index (κ2) is 9.06. The van der Waals surface area contributed by atoms with Crippen LogP contribution in [0.4, 0.5) is 5.69 Å². The van der Waals surface area contributed by atoms with Gasteiger partial charge in [0.25, 0.3) is 0 Å². The molecule has 1 saturated heterocycles. The van der Waals surface area contributed by atoms with E-state index in [4.69, 9.17) is 0 Å². The zero-order valence-electron chi connectivity index (χ0n) is 19.4. The smallest absolute Gasteiger partial charge is 0.240 e. The Labute approximate surface area is 196 Å². The van der Waals surface area contributed by atoms with Gasteiger partial charge in [0.2, 0.25) is 10.0 Å². The number of hydrogen-bond donors (Lipinski definition) is 1. The van der Waals surface area contributed by atoms with E-state index >= 15 is 0 Å². The van der Waals surface area contributed by atoms with Crippen molar-refractivity contribution >= 4 is 26.5 Å². The van der Waals surface area contributed by atoms with Gasteiger partial charge in [-0.25, -0.2) is 13.1 Å². The molecule has 1 fully saturated rings. The van der Waals surface area contributed by atoms with Crippen LogP contribution >= 0.6 is 0 Å². The molecule has 0 spiro atoms. The van der Waals surface area contributed by atoms with Crippen molar-refractivity contribution in [2.45, 2.75) is 17.4 Å². The van der Waals surface area contributed by atoms with Crippen LogP contribution in [-0.2, 0) is 16.4 Å². The summed E-state index contributed by atoms with van der Waals surface area (Å²) in [6.07, 6.45) is 1.04. The summed E-state index contributed by atoms with van der Waals surface area (Å²) in [5, 5.41) is 1.97. The van der Waals surface area contributed by atoms with E-state index < -0.39 is 10.0 Å². The first kappa shape index (κ1) is 22.3. The van der Waals surface area contributed by atoms with E-state index in [1.54, 1.807) is 12.1 Å². The standard InChI is InChI=1S/C26H32N4O2S/c1-28-13-15-30(16-14-28)26(22-8-10-25-23(17-22)11-12-29(25)2)19-27-33(31,32)24-9-7-20-5-3-4-6-21(20)18-24/h3-10,17-18,26-27H,11-16,19H2,1-2H3. The molecule has 5 rings (SSSR count). The highest BCUT2D eigenvalue weighted by molar-refractivity contribution is 7.89. The maximum absolute atomic E-state index is 13.2. The van der Waals surface area contributed by atoms with Crippen LogP contribution in [0.2, 0.25) is 0 Å². The fourth-order valence-electron chi connectivity index (χ4n) is 4.99. The summed E-state index contributed by atoms with van der Waals surface area (Å²) in [5.41, 5.74) is 3.83. The lowest BCUT2D eigenvalue weighted by Gasteiger charge is -2.38. The number of likely N-dealkylation sites (N-methyl/N-ethyl adjacent to an activating group) is 2. The number of benzene rings is 3. The largest absolute Gasteiger partial charge is 0.374 e. The molecule has 2 heterocycles. The fraction of sp³-hybridized carbons (Fsp3) is 0.385. The molecular weight excluding hydrogens is 432 g/mol. The van der Waals surface area contributed by atoms with Gasteiger partial charge in [-0.15, -0.1) is 0 Å². The fourth-order valence-corrected chi connectivity index (χ4v) is 6.07. The molecule has 7 heteroatoms. The molecule has 0 aromatic heterocycles. The van der Waals surface area contributed by atoms with Gasteiger partial charge >= 0.3 is 0 Å². The summed E-state index contributed by atoms with van der Waals surface area (Å²) >= 11 is 0. The Morgan fingerprint density at radius 1 is 0.879 bits per heavy atom. The molecule has 0 saturated carbocycles. The molecule has 0 aliphatic carbocycles. The maximum Gasteiger partial charge on any atom is 0.240 e. The number of rotatable bonds is 6. The Balaban J connectivity index is 1.40. The molecule has 2 aliphatic heterocycles. The highest BCUT2D eigenvalue weighted by Gasteiger charge is 2.27. The van der Waals surface area contributed by atoms with E-state index in [0.29, 0.717) is 11.4 Å². The van der Waals surface area contributed by atoms with E-state index in [-0.39, 0.29) is 6.04 Å². The predicted octanol–water partition coefficient (Wildman–Crippen LogP) is 3.10. The van der Waals surface area contributed by atoms with Crippen LogP contribution in [0.25, 0.3) is 10.8 Å². The van der Waals surface area contributed by atoms with Crippen molar-refractivity contribution in [3.05, 3.63) is 71.8 Å². The number of hydrogen-bond acceptors (Lipinski definition) is 5. The van der Waals surface area contributed by atoms with E-state index in [1.807, 2.05) is 30.3 Å². The van der Waals surface area contributed by atoms with Gasteiger partial charge in [-0.2, -0.15) is 0 Å². The average molecular weight is 465 g/mol. The minimum absolute atomic E-state index is 0.00476. The van der Waals surface area contributed by atoms with E-state index in [1.165, 1.54) is 16.8 Å².